The largest absolute Gasteiger partial charge is 0.756 e. The smallest absolute Gasteiger partial charge is 0.306 e. The van der Waals surface area contributed by atoms with Crippen LogP contribution in [0.3, 0.4) is 0 Å². The molecular formula is C54H104NO8P. The van der Waals surface area contributed by atoms with Crippen LogP contribution in [0.25, 0.3) is 0 Å². The topological polar surface area (TPSA) is 111 Å². The van der Waals surface area contributed by atoms with E-state index in [-0.39, 0.29) is 32.0 Å². The van der Waals surface area contributed by atoms with E-state index in [1.165, 1.54) is 180 Å². The molecule has 0 N–H and O–H groups in total. The number of nitrogens with zero attached hydrogens (tertiary/aromatic N) is 1. The van der Waals surface area contributed by atoms with Gasteiger partial charge in [-0.1, -0.05) is 224 Å². The minimum Gasteiger partial charge on any atom is -0.756 e. The Bertz CT molecular complexity index is 1140. The maximum atomic E-state index is 12.8. The van der Waals surface area contributed by atoms with Gasteiger partial charge in [0.15, 0.2) is 6.10 Å². The first-order chi connectivity index (χ1) is 31.0. The Morgan fingerprint density at radius 3 is 1.23 bits per heavy atom. The summed E-state index contributed by atoms with van der Waals surface area (Å²) in [5.41, 5.74) is 0. The highest BCUT2D eigenvalue weighted by molar-refractivity contribution is 7.45. The van der Waals surface area contributed by atoms with Gasteiger partial charge in [0.05, 0.1) is 27.7 Å². The number of hydrogen-bond donors (Lipinski definition) is 0. The lowest BCUT2D eigenvalue weighted by atomic mass is 10.0. The summed E-state index contributed by atoms with van der Waals surface area (Å²) in [5, 5.41) is 0. The van der Waals surface area contributed by atoms with Crippen molar-refractivity contribution in [2.24, 2.45) is 0 Å². The van der Waals surface area contributed by atoms with Gasteiger partial charge in [0.25, 0.3) is 7.82 Å². The summed E-state index contributed by atoms with van der Waals surface area (Å²) < 4.78 is 34.1. The number of phosphoric ester groups is 1. The van der Waals surface area contributed by atoms with Crippen LogP contribution in [0.5, 0.6) is 0 Å². The van der Waals surface area contributed by atoms with E-state index in [1.807, 2.05) is 21.1 Å². The first kappa shape index (κ1) is 62.5. The van der Waals surface area contributed by atoms with E-state index in [0.29, 0.717) is 17.4 Å². The highest BCUT2D eigenvalue weighted by Crippen LogP contribution is 2.38. The number of unbranched alkanes of at least 4 members (excludes halogenated alkanes) is 32. The quantitative estimate of drug-likeness (QED) is 0.0195. The predicted molar refractivity (Wildman–Crippen MR) is 268 cm³/mol. The summed E-state index contributed by atoms with van der Waals surface area (Å²) >= 11 is 0. The van der Waals surface area contributed by atoms with Crippen LogP contribution in [0.4, 0.5) is 0 Å². The van der Waals surface area contributed by atoms with Crippen LogP contribution < -0.4 is 4.89 Å². The lowest BCUT2D eigenvalue weighted by molar-refractivity contribution is -0.870. The third kappa shape index (κ3) is 49.9. The Balaban J connectivity index is 4.15. The number of carbonyl (C=O) groups excluding carboxylic acids is 2. The molecule has 0 rings (SSSR count). The number of rotatable bonds is 50. The number of hydrogen-bond acceptors (Lipinski definition) is 8. The highest BCUT2D eigenvalue weighted by Gasteiger charge is 2.21. The fourth-order valence-corrected chi connectivity index (χ4v) is 8.48. The molecule has 0 fully saturated rings. The zero-order chi connectivity index (χ0) is 47.1. The van der Waals surface area contributed by atoms with Crippen molar-refractivity contribution < 1.29 is 42.1 Å². The van der Waals surface area contributed by atoms with E-state index in [4.69, 9.17) is 18.5 Å². The number of allylic oxidation sites excluding steroid dienone is 4. The zero-order valence-corrected chi connectivity index (χ0v) is 43.6. The molecule has 0 saturated carbocycles. The molecule has 0 bridgehead atoms. The number of phosphoric acid groups is 1. The molecule has 2 unspecified atom stereocenters. The number of likely N-dealkylation sites (N-methyl/N-ethyl adjacent to an activating group) is 1. The molecule has 0 aromatic carbocycles. The van der Waals surface area contributed by atoms with Gasteiger partial charge in [0.2, 0.25) is 0 Å². The maximum Gasteiger partial charge on any atom is 0.306 e. The molecule has 0 aromatic heterocycles. The van der Waals surface area contributed by atoms with Crippen molar-refractivity contribution in [3.63, 3.8) is 0 Å². The highest BCUT2D eigenvalue weighted by atomic mass is 31.2. The Morgan fingerprint density at radius 1 is 0.484 bits per heavy atom. The zero-order valence-electron chi connectivity index (χ0n) is 42.7. The molecule has 0 amide bonds. The number of quaternary nitrogens is 1. The molecule has 9 nitrogen and oxygen atoms in total. The number of ether oxygens (including phenoxy) is 2. The minimum atomic E-state index is -4.63. The van der Waals surface area contributed by atoms with Crippen molar-refractivity contribution in [1.29, 1.82) is 0 Å². The summed E-state index contributed by atoms with van der Waals surface area (Å²) in [4.78, 5) is 37.7. The van der Waals surface area contributed by atoms with E-state index in [0.717, 1.165) is 44.9 Å². The lowest BCUT2D eigenvalue weighted by Gasteiger charge is -2.28. The van der Waals surface area contributed by atoms with Crippen LogP contribution in [-0.2, 0) is 32.7 Å². The van der Waals surface area contributed by atoms with Crippen molar-refractivity contribution >= 4 is 19.8 Å². The van der Waals surface area contributed by atoms with Crippen LogP contribution in [0.2, 0.25) is 0 Å². The van der Waals surface area contributed by atoms with E-state index >= 15 is 0 Å². The van der Waals surface area contributed by atoms with Crippen molar-refractivity contribution in [2.75, 3.05) is 47.5 Å². The average Bonchev–Trinajstić information content (AvgIpc) is 3.25. The summed E-state index contributed by atoms with van der Waals surface area (Å²) in [5.74, 6) is -0.821. The van der Waals surface area contributed by atoms with Crippen LogP contribution in [-0.4, -0.2) is 70.0 Å². The summed E-state index contributed by atoms with van der Waals surface area (Å²) in [6.45, 7) is 4.26. The van der Waals surface area contributed by atoms with Crippen LogP contribution in [0.1, 0.15) is 258 Å². The normalized spacial score (nSPS) is 13.5. The Hall–Kier alpha value is -1.51. The van der Waals surface area contributed by atoms with Crippen molar-refractivity contribution in [2.45, 2.75) is 264 Å². The molecule has 64 heavy (non-hydrogen) atoms. The van der Waals surface area contributed by atoms with Crippen molar-refractivity contribution in [3.8, 4) is 0 Å². The molecule has 378 valence electrons. The van der Waals surface area contributed by atoms with Gasteiger partial charge < -0.3 is 27.9 Å². The molecule has 0 heterocycles. The fraction of sp³-hybridized carbons (Fsp3) is 0.889. The third-order valence-electron chi connectivity index (χ3n) is 12.0. The van der Waals surface area contributed by atoms with E-state index in [1.54, 1.807) is 0 Å². The third-order valence-corrected chi connectivity index (χ3v) is 12.9. The second kappa shape index (κ2) is 46.6. The molecule has 0 aliphatic carbocycles. The standard InChI is InChI=1S/C54H104NO8P/c1-6-8-10-12-14-16-18-20-22-23-24-25-26-27-28-29-30-31-33-35-37-39-41-43-45-47-54(57)63-52(51-62-64(58,59)61-49-48-55(3,4)5)50-60-53(56)46-44-42-40-38-36-34-32-21-19-17-15-13-11-9-7-2/h18,20,23-24,52H,6-17,19,21-22,25-51H2,1-5H3/b20-18-,24-23-. The summed E-state index contributed by atoms with van der Waals surface area (Å²) in [7, 11) is 1.18. The monoisotopic (exact) mass is 926 g/mol. The molecule has 10 heteroatoms. The average molecular weight is 926 g/mol. The Morgan fingerprint density at radius 2 is 0.844 bits per heavy atom. The van der Waals surface area contributed by atoms with Gasteiger partial charge in [-0.05, 0) is 44.9 Å². The number of esters is 2. The molecule has 0 spiro atoms. The maximum absolute atomic E-state index is 12.8. The van der Waals surface area contributed by atoms with Gasteiger partial charge in [-0.25, -0.2) is 0 Å². The molecule has 2 atom stereocenters. The lowest BCUT2D eigenvalue weighted by Crippen LogP contribution is -2.37. The van der Waals surface area contributed by atoms with Gasteiger partial charge in [-0.3, -0.25) is 14.2 Å². The molecule has 0 saturated heterocycles. The van der Waals surface area contributed by atoms with Gasteiger partial charge in [0.1, 0.15) is 19.8 Å². The predicted octanol–water partition coefficient (Wildman–Crippen LogP) is 15.6. The summed E-state index contributed by atoms with van der Waals surface area (Å²) in [6, 6.07) is 0. The summed E-state index contributed by atoms with van der Waals surface area (Å²) in [6.07, 6.45) is 53.5. The van der Waals surface area contributed by atoms with Gasteiger partial charge in [-0.15, -0.1) is 0 Å². The molecule has 0 aliphatic rings. The second-order valence-electron chi connectivity index (χ2n) is 19.6. The Kier molecular flexibility index (Phi) is 45.5. The van der Waals surface area contributed by atoms with Crippen LogP contribution >= 0.6 is 7.82 Å². The van der Waals surface area contributed by atoms with E-state index < -0.39 is 26.5 Å². The van der Waals surface area contributed by atoms with E-state index in [2.05, 4.69) is 38.2 Å². The molecule has 0 aromatic rings. The van der Waals surface area contributed by atoms with Gasteiger partial charge in [0, 0.05) is 12.8 Å². The van der Waals surface area contributed by atoms with Gasteiger partial charge in [-0.2, -0.15) is 0 Å². The number of carbonyl (C=O) groups is 2. The minimum absolute atomic E-state index is 0.0282. The van der Waals surface area contributed by atoms with Crippen molar-refractivity contribution in [3.05, 3.63) is 24.3 Å². The molecular weight excluding hydrogens is 822 g/mol. The molecule has 0 radical (unpaired) electrons. The molecule has 0 aliphatic heterocycles. The fourth-order valence-electron chi connectivity index (χ4n) is 7.75. The van der Waals surface area contributed by atoms with E-state index in [9.17, 15) is 19.0 Å². The van der Waals surface area contributed by atoms with Gasteiger partial charge >= 0.3 is 11.9 Å². The SMILES string of the molecule is CCCCCCC/C=C\C/C=C\CCCCCCCCCCCCCCCC(=O)OC(COC(=O)CCCCCCCCCCCCCCCCC)COP(=O)([O-])OCC[N+](C)(C)C. The van der Waals surface area contributed by atoms with Crippen molar-refractivity contribution in [1.82, 2.24) is 0 Å². The Labute approximate surface area is 396 Å². The first-order valence-corrected chi connectivity index (χ1v) is 28.5. The van der Waals surface area contributed by atoms with Crippen LogP contribution in [0, 0.1) is 0 Å². The second-order valence-corrected chi connectivity index (χ2v) is 21.0. The first-order valence-electron chi connectivity index (χ1n) is 27.0. The van der Waals surface area contributed by atoms with Crippen LogP contribution in [0.15, 0.2) is 24.3 Å².